The molecular formula is C25H34ClN2O2P. The molecule has 0 amide bonds. The van der Waals surface area contributed by atoms with E-state index in [1.54, 1.807) is 6.92 Å². The molecular weight excluding hydrogens is 427 g/mol. The summed E-state index contributed by atoms with van der Waals surface area (Å²) in [5.41, 5.74) is 4.19. The highest BCUT2D eigenvalue weighted by Gasteiger charge is 2.15. The Morgan fingerprint density at radius 1 is 1.26 bits per heavy atom. The molecule has 1 aromatic carbocycles. The number of halogens is 1. The van der Waals surface area contributed by atoms with Gasteiger partial charge >= 0.3 is 5.97 Å². The summed E-state index contributed by atoms with van der Waals surface area (Å²) in [6, 6.07) is 7.74. The number of carbonyl (C=O) groups excluding carboxylic acids is 1. The van der Waals surface area contributed by atoms with Crippen LogP contribution in [0.15, 0.2) is 54.6 Å². The number of benzene rings is 1. The summed E-state index contributed by atoms with van der Waals surface area (Å²) >= 11 is 5.97. The molecule has 0 bridgehead atoms. The molecule has 2 aromatic rings. The predicted molar refractivity (Wildman–Crippen MR) is 136 cm³/mol. The van der Waals surface area contributed by atoms with Crippen molar-refractivity contribution in [2.45, 2.75) is 60.0 Å². The number of H-pyrrole nitrogens is 1. The summed E-state index contributed by atoms with van der Waals surface area (Å²) in [5, 5.41) is 8.78. The average molecular weight is 461 g/mol. The number of carbonyl (C=O) groups is 1. The van der Waals surface area contributed by atoms with Gasteiger partial charge < -0.3 is 4.74 Å². The number of ether oxygens (including phenoxy) is 1. The van der Waals surface area contributed by atoms with E-state index in [0.717, 1.165) is 40.7 Å². The Morgan fingerprint density at radius 2 is 2.00 bits per heavy atom. The van der Waals surface area contributed by atoms with Gasteiger partial charge in [-0.25, -0.2) is 0 Å². The molecule has 0 saturated carbocycles. The molecule has 0 fully saturated rings. The first-order valence-electron chi connectivity index (χ1n) is 10.6. The van der Waals surface area contributed by atoms with E-state index in [0.29, 0.717) is 11.4 Å². The summed E-state index contributed by atoms with van der Waals surface area (Å²) in [6.07, 6.45) is 12.2. The van der Waals surface area contributed by atoms with Crippen LogP contribution in [0.3, 0.4) is 0 Å². The summed E-state index contributed by atoms with van der Waals surface area (Å²) in [4.78, 5) is 11.4. The van der Waals surface area contributed by atoms with Gasteiger partial charge in [0.1, 0.15) is 6.10 Å². The molecule has 0 spiro atoms. The van der Waals surface area contributed by atoms with Crippen molar-refractivity contribution in [1.82, 2.24) is 10.2 Å². The zero-order valence-electron chi connectivity index (χ0n) is 19.1. The summed E-state index contributed by atoms with van der Waals surface area (Å²) in [6.45, 7) is 9.88. The molecule has 31 heavy (non-hydrogen) atoms. The number of esters is 1. The van der Waals surface area contributed by atoms with Crippen molar-refractivity contribution in [2.24, 2.45) is 0 Å². The number of allylic oxidation sites excluding steroid dienone is 6. The van der Waals surface area contributed by atoms with Crippen LogP contribution < -0.4 is 5.30 Å². The summed E-state index contributed by atoms with van der Waals surface area (Å²) in [7, 11) is 2.59. The SMILES string of the molecule is CCCC(OC(=O)CC)c1ccc(Cl)c(P)c1.C\C=C/C(=C\C=C\C)c1cc(C)[nH]n1. The van der Waals surface area contributed by atoms with Gasteiger partial charge in [0, 0.05) is 22.7 Å². The molecule has 0 saturated heterocycles. The van der Waals surface area contributed by atoms with Crippen LogP contribution in [0.25, 0.3) is 5.57 Å². The van der Waals surface area contributed by atoms with Crippen LogP contribution in [-0.2, 0) is 9.53 Å². The minimum absolute atomic E-state index is 0.163. The fourth-order valence-corrected chi connectivity index (χ4v) is 3.14. The van der Waals surface area contributed by atoms with Crippen LogP contribution in [0.2, 0.25) is 5.02 Å². The fraction of sp³-hybridized carbons (Fsp3) is 0.360. The second-order valence-corrected chi connectivity index (χ2v) is 8.01. The molecule has 0 aliphatic rings. The molecule has 0 aliphatic heterocycles. The lowest BCUT2D eigenvalue weighted by Gasteiger charge is -2.18. The number of nitrogens with zero attached hydrogens (tertiary/aromatic N) is 1. The van der Waals surface area contributed by atoms with Crippen molar-refractivity contribution in [3.63, 3.8) is 0 Å². The van der Waals surface area contributed by atoms with E-state index in [2.05, 4.69) is 38.5 Å². The van der Waals surface area contributed by atoms with E-state index in [1.165, 1.54) is 0 Å². The Kier molecular flexibility index (Phi) is 12.8. The van der Waals surface area contributed by atoms with Crippen molar-refractivity contribution in [2.75, 3.05) is 0 Å². The third-order valence-electron chi connectivity index (χ3n) is 4.32. The summed E-state index contributed by atoms with van der Waals surface area (Å²) < 4.78 is 5.43. The number of hydrogen-bond acceptors (Lipinski definition) is 3. The van der Waals surface area contributed by atoms with Crippen LogP contribution in [0.5, 0.6) is 0 Å². The van der Waals surface area contributed by atoms with Crippen molar-refractivity contribution in [3.05, 3.63) is 76.6 Å². The highest BCUT2D eigenvalue weighted by molar-refractivity contribution is 7.28. The largest absolute Gasteiger partial charge is 0.457 e. The highest BCUT2D eigenvalue weighted by atomic mass is 35.5. The second-order valence-electron chi connectivity index (χ2n) is 6.99. The number of aromatic amines is 1. The van der Waals surface area contributed by atoms with Gasteiger partial charge in [-0.3, -0.25) is 9.89 Å². The standard InChI is InChI=1S/C13H18ClO2P.C12H16N2/c1-3-5-11(16-13(15)4-2)9-6-7-10(14)12(17)8-9;1-4-6-8-11(7-5-2)12-9-10(3)13-14-12/h6-8,11H,3-5,17H2,1-2H3;4-9H,1-3H3,(H,13,14)/b;6-4+,7-5-,11-8+. The smallest absolute Gasteiger partial charge is 0.306 e. The van der Waals surface area contributed by atoms with Gasteiger partial charge in [-0.05, 0) is 56.3 Å². The van der Waals surface area contributed by atoms with Crippen molar-refractivity contribution >= 4 is 37.7 Å². The zero-order chi connectivity index (χ0) is 23.2. The van der Waals surface area contributed by atoms with Gasteiger partial charge in [-0.1, -0.05) is 68.3 Å². The monoisotopic (exact) mass is 460 g/mol. The molecule has 2 unspecified atom stereocenters. The van der Waals surface area contributed by atoms with E-state index < -0.39 is 0 Å². The van der Waals surface area contributed by atoms with Crippen LogP contribution in [0.1, 0.15) is 70.0 Å². The van der Waals surface area contributed by atoms with Gasteiger partial charge in [0.05, 0.1) is 5.69 Å². The Hall–Kier alpha value is -2.16. The number of hydrogen-bond donors (Lipinski definition) is 1. The van der Waals surface area contributed by atoms with Crippen molar-refractivity contribution < 1.29 is 9.53 Å². The molecule has 4 nitrogen and oxygen atoms in total. The molecule has 2 rings (SSSR count). The van der Waals surface area contributed by atoms with Gasteiger partial charge in [-0.2, -0.15) is 5.10 Å². The zero-order valence-corrected chi connectivity index (χ0v) is 21.0. The first-order chi connectivity index (χ1) is 14.9. The van der Waals surface area contributed by atoms with Crippen molar-refractivity contribution in [1.29, 1.82) is 0 Å². The second kappa shape index (κ2) is 14.8. The normalized spacial score (nSPS) is 12.7. The lowest BCUT2D eigenvalue weighted by Crippen LogP contribution is -2.11. The van der Waals surface area contributed by atoms with Crippen LogP contribution >= 0.6 is 20.8 Å². The third kappa shape index (κ3) is 9.67. The Labute approximate surface area is 194 Å². The molecule has 0 radical (unpaired) electrons. The first-order valence-corrected chi connectivity index (χ1v) is 11.5. The Balaban J connectivity index is 0.000000316. The maximum atomic E-state index is 11.4. The Morgan fingerprint density at radius 3 is 2.52 bits per heavy atom. The quantitative estimate of drug-likeness (QED) is 0.265. The lowest BCUT2D eigenvalue weighted by molar-refractivity contribution is -0.149. The molecule has 168 valence electrons. The van der Waals surface area contributed by atoms with Crippen LogP contribution in [0, 0.1) is 6.92 Å². The van der Waals surface area contributed by atoms with E-state index in [9.17, 15) is 4.79 Å². The predicted octanol–water partition coefficient (Wildman–Crippen LogP) is 6.89. The first kappa shape index (κ1) is 26.9. The number of rotatable bonds is 8. The highest BCUT2D eigenvalue weighted by Crippen LogP contribution is 2.24. The van der Waals surface area contributed by atoms with Gasteiger partial charge in [0.15, 0.2) is 0 Å². The van der Waals surface area contributed by atoms with Crippen molar-refractivity contribution in [3.8, 4) is 0 Å². The average Bonchev–Trinajstić information content (AvgIpc) is 3.19. The maximum absolute atomic E-state index is 11.4. The molecule has 2 atom stereocenters. The number of nitrogens with one attached hydrogen (secondary N) is 1. The van der Waals surface area contributed by atoms with Crippen LogP contribution in [0.4, 0.5) is 0 Å². The third-order valence-corrected chi connectivity index (χ3v) is 5.33. The molecule has 1 N–H and O–H groups in total. The molecule has 1 heterocycles. The molecule has 6 heteroatoms. The van der Waals surface area contributed by atoms with Crippen LogP contribution in [-0.4, -0.2) is 16.2 Å². The topological polar surface area (TPSA) is 55.0 Å². The van der Waals surface area contributed by atoms with Gasteiger partial charge in [-0.15, -0.1) is 9.24 Å². The molecule has 0 aliphatic carbocycles. The lowest BCUT2D eigenvalue weighted by atomic mass is 10.1. The molecule has 1 aromatic heterocycles. The number of aromatic nitrogens is 2. The minimum Gasteiger partial charge on any atom is -0.457 e. The maximum Gasteiger partial charge on any atom is 0.306 e. The van der Waals surface area contributed by atoms with E-state index in [4.69, 9.17) is 16.3 Å². The van der Waals surface area contributed by atoms with E-state index in [1.807, 2.05) is 63.3 Å². The summed E-state index contributed by atoms with van der Waals surface area (Å²) in [5.74, 6) is -0.163. The van der Waals surface area contributed by atoms with Gasteiger partial charge in [0.25, 0.3) is 0 Å². The minimum atomic E-state index is -0.163. The van der Waals surface area contributed by atoms with E-state index >= 15 is 0 Å². The van der Waals surface area contributed by atoms with E-state index in [-0.39, 0.29) is 12.1 Å². The van der Waals surface area contributed by atoms with Gasteiger partial charge in [0.2, 0.25) is 0 Å². The number of aryl methyl sites for hydroxylation is 1. The Bertz CT molecular complexity index is 916. The fourth-order valence-electron chi connectivity index (χ4n) is 2.73.